The molecule has 0 aromatic rings. The fraction of sp³-hybridized carbons (Fsp3) is 1.00. The highest BCUT2D eigenvalue weighted by molar-refractivity contribution is 4.77. The van der Waals surface area contributed by atoms with E-state index in [2.05, 4.69) is 11.9 Å². The Balaban J connectivity index is 2.57. The molecule has 0 N–H and O–H groups in total. The summed E-state index contributed by atoms with van der Waals surface area (Å²) in [6.45, 7) is 6.51. The van der Waals surface area contributed by atoms with Gasteiger partial charge in [0.25, 0.3) is 0 Å². The Morgan fingerprint density at radius 3 is 2.17 bits per heavy atom. The maximum absolute atomic E-state index is 5.65. The average Bonchev–Trinajstić information content (AvgIpc) is 2.35. The lowest BCUT2D eigenvalue weighted by atomic mass is 10.3. The van der Waals surface area contributed by atoms with Crippen LogP contribution in [0.15, 0.2) is 0 Å². The first-order valence-corrected chi connectivity index (χ1v) is 4.74. The van der Waals surface area contributed by atoms with Crippen LogP contribution in [0.25, 0.3) is 0 Å². The Morgan fingerprint density at radius 1 is 1.25 bits per heavy atom. The quantitative estimate of drug-likeness (QED) is 0.600. The van der Waals surface area contributed by atoms with Gasteiger partial charge >= 0.3 is 0 Å². The third-order valence-corrected chi connectivity index (χ3v) is 2.31. The second-order valence-electron chi connectivity index (χ2n) is 3.10. The molecule has 0 bridgehead atoms. The van der Waals surface area contributed by atoms with Crippen LogP contribution in [0.4, 0.5) is 0 Å². The molecule has 0 amide bonds. The lowest BCUT2D eigenvalue weighted by Gasteiger charge is -2.34. The van der Waals surface area contributed by atoms with E-state index < -0.39 is 5.91 Å². The number of rotatable bonds is 4. The van der Waals surface area contributed by atoms with Crippen molar-refractivity contribution in [3.05, 3.63) is 0 Å². The molecule has 0 aromatic heterocycles. The number of nitrogens with zero attached hydrogens (tertiary/aromatic N) is 1. The Kier molecular flexibility index (Phi) is 3.50. The van der Waals surface area contributed by atoms with E-state index in [-0.39, 0.29) is 0 Å². The van der Waals surface area contributed by atoms with Crippen molar-refractivity contribution < 1.29 is 9.47 Å². The fourth-order valence-corrected chi connectivity index (χ4v) is 1.76. The minimum absolute atomic E-state index is 0.413. The Labute approximate surface area is 74.6 Å². The maximum Gasteiger partial charge on any atom is 0.229 e. The molecule has 0 radical (unpaired) electrons. The molecule has 72 valence electrons. The second kappa shape index (κ2) is 4.21. The minimum atomic E-state index is -0.413. The highest BCUT2D eigenvalue weighted by Crippen LogP contribution is 2.29. The molecule has 3 nitrogen and oxygen atoms in total. The van der Waals surface area contributed by atoms with Gasteiger partial charge in [-0.2, -0.15) is 0 Å². The summed E-state index contributed by atoms with van der Waals surface area (Å²) in [4.78, 5) is 2.15. The number of likely N-dealkylation sites (tertiary alicyclic amines) is 1. The molecule has 0 aromatic carbocycles. The van der Waals surface area contributed by atoms with Gasteiger partial charge in [0.05, 0.1) is 0 Å². The van der Waals surface area contributed by atoms with Gasteiger partial charge in [0, 0.05) is 26.2 Å². The van der Waals surface area contributed by atoms with E-state index in [1.54, 1.807) is 0 Å². The van der Waals surface area contributed by atoms with Crippen molar-refractivity contribution in [2.24, 2.45) is 0 Å². The molecule has 0 aliphatic carbocycles. The molecule has 0 saturated carbocycles. The molecule has 12 heavy (non-hydrogen) atoms. The zero-order valence-corrected chi connectivity index (χ0v) is 8.30. The van der Waals surface area contributed by atoms with Crippen molar-refractivity contribution in [1.82, 2.24) is 4.90 Å². The summed E-state index contributed by atoms with van der Waals surface area (Å²) in [6, 6.07) is 0. The van der Waals surface area contributed by atoms with Crippen LogP contribution in [-0.2, 0) is 9.47 Å². The molecule has 1 heterocycles. The van der Waals surface area contributed by atoms with E-state index in [0.29, 0.717) is 13.2 Å². The van der Waals surface area contributed by atoms with Gasteiger partial charge in [-0.3, -0.25) is 4.90 Å². The van der Waals surface area contributed by atoms with Crippen LogP contribution in [0, 0.1) is 0 Å². The predicted molar refractivity (Wildman–Crippen MR) is 47.8 cm³/mol. The summed E-state index contributed by atoms with van der Waals surface area (Å²) < 4.78 is 11.3. The Bertz CT molecular complexity index is 132. The van der Waals surface area contributed by atoms with Gasteiger partial charge in [0.1, 0.15) is 0 Å². The Morgan fingerprint density at radius 2 is 1.83 bits per heavy atom. The van der Waals surface area contributed by atoms with E-state index in [4.69, 9.17) is 9.47 Å². The van der Waals surface area contributed by atoms with Gasteiger partial charge in [-0.1, -0.05) is 0 Å². The summed E-state index contributed by atoms with van der Waals surface area (Å²) in [5.41, 5.74) is 0. The van der Waals surface area contributed by atoms with Crippen LogP contribution < -0.4 is 0 Å². The van der Waals surface area contributed by atoms with Crippen LogP contribution >= 0.6 is 0 Å². The molecular formula is C9H19NO2. The fourth-order valence-electron chi connectivity index (χ4n) is 1.76. The average molecular weight is 173 g/mol. The minimum Gasteiger partial charge on any atom is -0.338 e. The van der Waals surface area contributed by atoms with E-state index in [9.17, 15) is 0 Å². The summed E-state index contributed by atoms with van der Waals surface area (Å²) in [5.74, 6) is -0.413. The molecular weight excluding hydrogens is 154 g/mol. The zero-order chi connectivity index (χ0) is 9.03. The molecule has 1 aliphatic heterocycles. The normalized spacial score (nSPS) is 23.2. The van der Waals surface area contributed by atoms with Gasteiger partial charge in [0.2, 0.25) is 5.91 Å². The molecule has 0 atom stereocenters. The largest absolute Gasteiger partial charge is 0.338 e. The van der Waals surface area contributed by atoms with Crippen molar-refractivity contribution in [3.63, 3.8) is 0 Å². The van der Waals surface area contributed by atoms with Gasteiger partial charge in [-0.05, 0) is 27.3 Å². The predicted octanol–water partition coefficient (Wildman–Crippen LogP) is 1.44. The van der Waals surface area contributed by atoms with Crippen molar-refractivity contribution in [3.8, 4) is 0 Å². The smallest absolute Gasteiger partial charge is 0.229 e. The summed E-state index contributed by atoms with van der Waals surface area (Å²) in [6.07, 6.45) is 2.15. The first-order chi connectivity index (χ1) is 5.75. The summed E-state index contributed by atoms with van der Waals surface area (Å²) >= 11 is 0. The number of hydrogen-bond acceptors (Lipinski definition) is 3. The van der Waals surface area contributed by atoms with Crippen molar-refractivity contribution in [1.29, 1.82) is 0 Å². The molecule has 1 fully saturated rings. The molecule has 0 unspecified atom stereocenters. The summed E-state index contributed by atoms with van der Waals surface area (Å²) in [7, 11) is 2.05. The lowest BCUT2D eigenvalue weighted by molar-refractivity contribution is -0.294. The van der Waals surface area contributed by atoms with E-state index in [1.807, 2.05) is 13.8 Å². The van der Waals surface area contributed by atoms with Gasteiger partial charge < -0.3 is 9.47 Å². The molecule has 1 saturated heterocycles. The van der Waals surface area contributed by atoms with Crippen molar-refractivity contribution in [2.45, 2.75) is 32.6 Å². The van der Waals surface area contributed by atoms with Gasteiger partial charge in [-0.15, -0.1) is 0 Å². The van der Waals surface area contributed by atoms with Gasteiger partial charge in [0.15, 0.2) is 0 Å². The molecule has 3 heteroatoms. The lowest BCUT2D eigenvalue weighted by Crippen LogP contribution is -2.46. The van der Waals surface area contributed by atoms with Crippen molar-refractivity contribution >= 4 is 0 Å². The third kappa shape index (κ3) is 1.79. The monoisotopic (exact) mass is 173 g/mol. The highest BCUT2D eigenvalue weighted by Gasteiger charge is 2.40. The molecule has 1 aliphatic rings. The van der Waals surface area contributed by atoms with Crippen LogP contribution in [0.1, 0.15) is 26.7 Å². The summed E-state index contributed by atoms with van der Waals surface area (Å²) in [5, 5.41) is 0. The SMILES string of the molecule is CCOC1(OCC)CCCN1C. The second-order valence-corrected chi connectivity index (χ2v) is 3.10. The highest BCUT2D eigenvalue weighted by atomic mass is 16.7. The van der Waals surface area contributed by atoms with Crippen LogP contribution in [0.5, 0.6) is 0 Å². The Hall–Kier alpha value is -0.120. The van der Waals surface area contributed by atoms with Crippen molar-refractivity contribution in [2.75, 3.05) is 26.8 Å². The van der Waals surface area contributed by atoms with Crippen LogP contribution in [0.2, 0.25) is 0 Å². The van der Waals surface area contributed by atoms with E-state index in [1.165, 1.54) is 0 Å². The van der Waals surface area contributed by atoms with E-state index in [0.717, 1.165) is 19.4 Å². The maximum atomic E-state index is 5.65. The standard InChI is InChI=1S/C9H19NO2/c1-4-11-9(12-5-2)7-6-8-10(9)3/h4-8H2,1-3H3. The van der Waals surface area contributed by atoms with E-state index >= 15 is 0 Å². The van der Waals surface area contributed by atoms with Crippen LogP contribution in [-0.4, -0.2) is 37.6 Å². The van der Waals surface area contributed by atoms with Crippen LogP contribution in [0.3, 0.4) is 0 Å². The first kappa shape index (κ1) is 9.96. The number of ether oxygens (including phenoxy) is 2. The van der Waals surface area contributed by atoms with Gasteiger partial charge in [-0.25, -0.2) is 0 Å². The topological polar surface area (TPSA) is 21.7 Å². The zero-order valence-electron chi connectivity index (χ0n) is 8.30. The number of hydrogen-bond donors (Lipinski definition) is 0. The molecule has 1 rings (SSSR count). The first-order valence-electron chi connectivity index (χ1n) is 4.74. The third-order valence-electron chi connectivity index (χ3n) is 2.31. The molecule has 0 spiro atoms.